The molecule has 30 heavy (non-hydrogen) atoms. The number of amides is 4. The fraction of sp³-hybridized carbons (Fsp3) is 0.722. The van der Waals surface area contributed by atoms with Gasteiger partial charge >= 0.3 is 5.97 Å². The number of carbonyl (C=O) groups excluding carboxylic acids is 4. The maximum absolute atomic E-state index is 12.8. The SMILES string of the molecule is CSCCC(NC(=O)C(CCC(N)=O)NC(=O)C1CCCN1C(=O)C(C)N)C(=O)O. The maximum Gasteiger partial charge on any atom is 0.326 e. The zero-order valence-electron chi connectivity index (χ0n) is 17.3. The molecule has 1 aliphatic rings. The van der Waals surface area contributed by atoms with Crippen LogP contribution in [0.3, 0.4) is 0 Å². The lowest BCUT2D eigenvalue weighted by Crippen LogP contribution is -2.56. The van der Waals surface area contributed by atoms with Gasteiger partial charge in [0.15, 0.2) is 0 Å². The minimum atomic E-state index is -1.19. The Morgan fingerprint density at radius 2 is 1.83 bits per heavy atom. The second-order valence-corrected chi connectivity index (χ2v) is 8.21. The first-order valence-electron chi connectivity index (χ1n) is 9.75. The number of hydrogen-bond acceptors (Lipinski definition) is 7. The average molecular weight is 446 g/mol. The van der Waals surface area contributed by atoms with Crippen molar-refractivity contribution in [1.82, 2.24) is 15.5 Å². The molecule has 1 saturated heterocycles. The third-order valence-corrected chi connectivity index (χ3v) is 5.41. The molecule has 0 aromatic carbocycles. The number of hydrogen-bond donors (Lipinski definition) is 5. The predicted molar refractivity (Wildman–Crippen MR) is 111 cm³/mol. The lowest BCUT2D eigenvalue weighted by atomic mass is 10.1. The van der Waals surface area contributed by atoms with Crippen molar-refractivity contribution in [3.8, 4) is 0 Å². The van der Waals surface area contributed by atoms with E-state index in [1.54, 1.807) is 0 Å². The Hall–Kier alpha value is -2.34. The van der Waals surface area contributed by atoms with E-state index < -0.39 is 47.9 Å². The quantitative estimate of drug-likeness (QED) is 0.238. The number of nitrogens with one attached hydrogen (secondary N) is 2. The number of aliphatic carboxylic acids is 1. The molecule has 0 aromatic heterocycles. The number of carbonyl (C=O) groups is 5. The molecule has 4 amide bonds. The number of nitrogens with zero attached hydrogens (tertiary/aromatic N) is 1. The van der Waals surface area contributed by atoms with Crippen molar-refractivity contribution >= 4 is 41.4 Å². The number of rotatable bonds is 12. The first kappa shape index (κ1) is 25.7. The molecule has 0 radical (unpaired) electrons. The summed E-state index contributed by atoms with van der Waals surface area (Å²) in [5, 5.41) is 14.3. The molecule has 1 heterocycles. The van der Waals surface area contributed by atoms with Crippen LogP contribution in [-0.4, -0.2) is 82.3 Å². The van der Waals surface area contributed by atoms with E-state index in [9.17, 15) is 29.1 Å². The van der Waals surface area contributed by atoms with Crippen LogP contribution in [-0.2, 0) is 24.0 Å². The van der Waals surface area contributed by atoms with Crippen molar-refractivity contribution in [3.05, 3.63) is 0 Å². The number of nitrogens with two attached hydrogens (primary N) is 2. The van der Waals surface area contributed by atoms with Gasteiger partial charge in [0.05, 0.1) is 6.04 Å². The number of likely N-dealkylation sites (tertiary alicyclic amines) is 1. The second-order valence-electron chi connectivity index (χ2n) is 7.23. The highest BCUT2D eigenvalue weighted by molar-refractivity contribution is 7.98. The summed E-state index contributed by atoms with van der Waals surface area (Å²) >= 11 is 1.44. The first-order valence-corrected chi connectivity index (χ1v) is 11.1. The van der Waals surface area contributed by atoms with Gasteiger partial charge in [0.2, 0.25) is 23.6 Å². The molecule has 0 spiro atoms. The van der Waals surface area contributed by atoms with Gasteiger partial charge in [-0.25, -0.2) is 4.79 Å². The summed E-state index contributed by atoms with van der Waals surface area (Å²) in [5.74, 6) is -2.97. The average Bonchev–Trinajstić information content (AvgIpc) is 3.16. The highest BCUT2D eigenvalue weighted by Gasteiger charge is 2.37. The van der Waals surface area contributed by atoms with Crippen molar-refractivity contribution in [1.29, 1.82) is 0 Å². The van der Waals surface area contributed by atoms with Crippen LogP contribution >= 0.6 is 11.8 Å². The predicted octanol–water partition coefficient (Wildman–Crippen LogP) is -1.60. The fourth-order valence-corrected chi connectivity index (χ4v) is 3.62. The Morgan fingerprint density at radius 3 is 2.37 bits per heavy atom. The fourth-order valence-electron chi connectivity index (χ4n) is 3.15. The van der Waals surface area contributed by atoms with Crippen LogP contribution in [0, 0.1) is 0 Å². The zero-order valence-corrected chi connectivity index (χ0v) is 18.1. The highest BCUT2D eigenvalue weighted by atomic mass is 32.2. The molecule has 7 N–H and O–H groups in total. The Morgan fingerprint density at radius 1 is 1.17 bits per heavy atom. The van der Waals surface area contributed by atoms with E-state index in [0.717, 1.165) is 0 Å². The van der Waals surface area contributed by atoms with Crippen molar-refractivity contribution in [2.24, 2.45) is 11.5 Å². The Bertz CT molecular complexity index is 659. The molecule has 0 saturated carbocycles. The second kappa shape index (κ2) is 12.4. The molecule has 1 fully saturated rings. The van der Waals surface area contributed by atoms with E-state index in [0.29, 0.717) is 25.1 Å². The monoisotopic (exact) mass is 445 g/mol. The van der Waals surface area contributed by atoms with E-state index in [2.05, 4.69) is 10.6 Å². The van der Waals surface area contributed by atoms with Crippen molar-refractivity contribution in [2.45, 2.75) is 63.2 Å². The first-order chi connectivity index (χ1) is 14.1. The Balaban J connectivity index is 2.89. The molecule has 0 aromatic rings. The van der Waals surface area contributed by atoms with Gasteiger partial charge in [0, 0.05) is 13.0 Å². The minimum absolute atomic E-state index is 0.0876. The van der Waals surface area contributed by atoms with Crippen LogP contribution in [0.15, 0.2) is 0 Å². The van der Waals surface area contributed by atoms with Crippen molar-refractivity contribution in [2.75, 3.05) is 18.6 Å². The lowest BCUT2D eigenvalue weighted by Gasteiger charge is -2.28. The molecule has 1 rings (SSSR count). The zero-order chi connectivity index (χ0) is 22.8. The Labute approximate surface area is 179 Å². The summed E-state index contributed by atoms with van der Waals surface area (Å²) in [4.78, 5) is 61.6. The smallest absolute Gasteiger partial charge is 0.326 e. The largest absolute Gasteiger partial charge is 0.480 e. The molecule has 4 unspecified atom stereocenters. The topological polar surface area (TPSA) is 185 Å². The number of carboxylic acid groups (broad SMARTS) is 1. The lowest BCUT2D eigenvalue weighted by molar-refractivity contribution is -0.143. The summed E-state index contributed by atoms with van der Waals surface area (Å²) in [6.07, 6.45) is 2.79. The standard InChI is InChI=1S/C18H31N5O6S/c1-10(19)17(27)23-8-3-4-13(23)16(26)21-11(5-6-14(20)24)15(25)22-12(18(28)29)7-9-30-2/h10-13H,3-9,19H2,1-2H3,(H2,20,24)(H,21,26)(H,22,25)(H,28,29). The summed E-state index contributed by atoms with van der Waals surface area (Å²) in [6, 6.07) is -3.83. The van der Waals surface area contributed by atoms with Gasteiger partial charge in [-0.1, -0.05) is 0 Å². The summed E-state index contributed by atoms with van der Waals surface area (Å²) < 4.78 is 0. The van der Waals surface area contributed by atoms with Crippen LogP contribution in [0.1, 0.15) is 39.0 Å². The molecule has 0 aliphatic carbocycles. The number of thioether (sulfide) groups is 1. The Kier molecular flexibility index (Phi) is 10.6. The van der Waals surface area contributed by atoms with Gasteiger partial charge in [-0.15, -0.1) is 0 Å². The van der Waals surface area contributed by atoms with Crippen molar-refractivity contribution < 1.29 is 29.1 Å². The molecular weight excluding hydrogens is 414 g/mol. The van der Waals surface area contributed by atoms with E-state index in [1.807, 2.05) is 6.26 Å². The molecular formula is C18H31N5O6S. The van der Waals surface area contributed by atoms with Gasteiger partial charge in [0.25, 0.3) is 0 Å². The van der Waals surface area contributed by atoms with Crippen LogP contribution in [0.2, 0.25) is 0 Å². The summed E-state index contributed by atoms with van der Waals surface area (Å²) in [6.45, 7) is 1.91. The van der Waals surface area contributed by atoms with Gasteiger partial charge in [-0.05, 0) is 44.6 Å². The molecule has 11 nitrogen and oxygen atoms in total. The normalized spacial score (nSPS) is 18.9. The van der Waals surface area contributed by atoms with Gasteiger partial charge in [-0.2, -0.15) is 11.8 Å². The van der Waals surface area contributed by atoms with Gasteiger partial charge in [0.1, 0.15) is 18.1 Å². The van der Waals surface area contributed by atoms with E-state index in [-0.39, 0.29) is 25.2 Å². The van der Waals surface area contributed by atoms with Crippen LogP contribution in [0.5, 0.6) is 0 Å². The number of primary amides is 1. The molecule has 1 aliphatic heterocycles. The number of carboxylic acids is 1. The highest BCUT2D eigenvalue weighted by Crippen LogP contribution is 2.18. The molecule has 170 valence electrons. The summed E-state index contributed by atoms with van der Waals surface area (Å²) in [5.41, 5.74) is 10.8. The third kappa shape index (κ3) is 7.82. The van der Waals surface area contributed by atoms with Crippen LogP contribution in [0.25, 0.3) is 0 Å². The minimum Gasteiger partial charge on any atom is -0.480 e. The maximum atomic E-state index is 12.8. The van der Waals surface area contributed by atoms with Crippen LogP contribution < -0.4 is 22.1 Å². The van der Waals surface area contributed by atoms with E-state index >= 15 is 0 Å². The van der Waals surface area contributed by atoms with Gasteiger partial charge in [-0.3, -0.25) is 19.2 Å². The van der Waals surface area contributed by atoms with Crippen LogP contribution in [0.4, 0.5) is 0 Å². The molecule has 4 atom stereocenters. The molecule has 12 heteroatoms. The summed E-state index contributed by atoms with van der Waals surface area (Å²) in [7, 11) is 0. The van der Waals surface area contributed by atoms with E-state index in [1.165, 1.54) is 23.6 Å². The van der Waals surface area contributed by atoms with Crippen molar-refractivity contribution in [3.63, 3.8) is 0 Å². The third-order valence-electron chi connectivity index (χ3n) is 4.77. The van der Waals surface area contributed by atoms with E-state index in [4.69, 9.17) is 11.5 Å². The molecule has 0 bridgehead atoms. The van der Waals surface area contributed by atoms with Gasteiger partial charge < -0.3 is 32.1 Å².